The van der Waals surface area contributed by atoms with E-state index in [1.54, 1.807) is 0 Å². The van der Waals surface area contributed by atoms with E-state index in [4.69, 9.17) is 4.74 Å². The molecule has 2 aliphatic rings. The quantitative estimate of drug-likeness (QED) is 0.591. The number of carbonyl (C=O) groups is 1. The van der Waals surface area contributed by atoms with Crippen molar-refractivity contribution in [3.05, 3.63) is 65.9 Å². The van der Waals surface area contributed by atoms with Gasteiger partial charge in [0, 0.05) is 31.3 Å². The Morgan fingerprint density at radius 3 is 2.65 bits per heavy atom. The highest BCUT2D eigenvalue weighted by atomic mass is 16.5. The standard InChI is InChI=1S/C27H30N2O2/c1-19-16-23-4-2-12-28-25(23)18-24(19)22-8-6-20(7-9-22)17-21-10-13-29(14-11-21)27(30)26-5-3-15-31-26/h2,4,6-9,12,16,18,21,26H,3,5,10-11,13-15,17H2,1H3/t26-/m1/s1. The third-order valence-corrected chi connectivity index (χ3v) is 6.87. The summed E-state index contributed by atoms with van der Waals surface area (Å²) in [4.78, 5) is 19.1. The Labute approximate surface area is 184 Å². The molecule has 4 nitrogen and oxygen atoms in total. The van der Waals surface area contributed by atoms with Crippen molar-refractivity contribution in [1.29, 1.82) is 0 Å². The van der Waals surface area contributed by atoms with Gasteiger partial charge in [0.25, 0.3) is 5.91 Å². The zero-order valence-corrected chi connectivity index (χ0v) is 18.2. The zero-order chi connectivity index (χ0) is 21.2. The van der Waals surface area contributed by atoms with Crippen molar-refractivity contribution >= 4 is 16.8 Å². The van der Waals surface area contributed by atoms with E-state index in [-0.39, 0.29) is 12.0 Å². The molecule has 1 atom stereocenters. The maximum absolute atomic E-state index is 12.5. The molecule has 3 heterocycles. The fourth-order valence-corrected chi connectivity index (χ4v) is 5.03. The smallest absolute Gasteiger partial charge is 0.251 e. The van der Waals surface area contributed by atoms with Crippen molar-refractivity contribution in [3.63, 3.8) is 0 Å². The number of carbonyl (C=O) groups excluding carboxylic acids is 1. The predicted molar refractivity (Wildman–Crippen MR) is 124 cm³/mol. The van der Waals surface area contributed by atoms with E-state index < -0.39 is 0 Å². The van der Waals surface area contributed by atoms with Gasteiger partial charge in [-0.25, -0.2) is 0 Å². The zero-order valence-electron chi connectivity index (χ0n) is 18.2. The molecule has 31 heavy (non-hydrogen) atoms. The first-order chi connectivity index (χ1) is 15.2. The van der Waals surface area contributed by atoms with Crippen molar-refractivity contribution in [2.45, 2.75) is 45.1 Å². The number of ether oxygens (including phenoxy) is 1. The summed E-state index contributed by atoms with van der Waals surface area (Å²) < 4.78 is 5.58. The molecule has 1 amide bonds. The Morgan fingerprint density at radius 2 is 1.90 bits per heavy atom. The number of amides is 1. The summed E-state index contributed by atoms with van der Waals surface area (Å²) >= 11 is 0. The first kappa shape index (κ1) is 20.2. The molecular weight excluding hydrogens is 384 g/mol. The Morgan fingerprint density at radius 1 is 1.10 bits per heavy atom. The van der Waals surface area contributed by atoms with Crippen LogP contribution in [0.1, 0.15) is 36.8 Å². The largest absolute Gasteiger partial charge is 0.368 e. The lowest BCUT2D eigenvalue weighted by Crippen LogP contribution is -2.44. The summed E-state index contributed by atoms with van der Waals surface area (Å²) in [5, 5.41) is 1.18. The van der Waals surface area contributed by atoms with Gasteiger partial charge in [-0.2, -0.15) is 0 Å². The molecule has 2 aromatic carbocycles. The maximum Gasteiger partial charge on any atom is 0.251 e. The third-order valence-electron chi connectivity index (χ3n) is 6.87. The molecule has 2 saturated heterocycles. The van der Waals surface area contributed by atoms with Gasteiger partial charge in [0.05, 0.1) is 5.52 Å². The fourth-order valence-electron chi connectivity index (χ4n) is 5.03. The molecule has 0 unspecified atom stereocenters. The van der Waals surface area contributed by atoms with E-state index in [1.807, 2.05) is 17.2 Å². The van der Waals surface area contributed by atoms with Crippen LogP contribution in [0.3, 0.4) is 0 Å². The summed E-state index contributed by atoms with van der Waals surface area (Å²) in [7, 11) is 0. The second-order valence-electron chi connectivity index (χ2n) is 9.03. The Hall–Kier alpha value is -2.72. The first-order valence-electron chi connectivity index (χ1n) is 11.5. The Balaban J connectivity index is 1.21. The van der Waals surface area contributed by atoms with Crippen molar-refractivity contribution in [2.24, 2.45) is 5.92 Å². The van der Waals surface area contributed by atoms with Gasteiger partial charge in [-0.3, -0.25) is 9.78 Å². The summed E-state index contributed by atoms with van der Waals surface area (Å²) in [6.45, 7) is 4.63. The van der Waals surface area contributed by atoms with Crippen molar-refractivity contribution in [1.82, 2.24) is 9.88 Å². The molecule has 3 aromatic rings. The molecule has 0 N–H and O–H groups in total. The van der Waals surface area contributed by atoms with Gasteiger partial charge < -0.3 is 9.64 Å². The number of hydrogen-bond acceptors (Lipinski definition) is 3. The van der Waals surface area contributed by atoms with Crippen LogP contribution in [0.4, 0.5) is 0 Å². The number of pyridine rings is 1. The van der Waals surface area contributed by atoms with E-state index in [9.17, 15) is 4.79 Å². The highest BCUT2D eigenvalue weighted by Crippen LogP contribution is 2.29. The fraction of sp³-hybridized carbons (Fsp3) is 0.407. The Kier molecular flexibility index (Phi) is 5.73. The van der Waals surface area contributed by atoms with Gasteiger partial charge in [-0.15, -0.1) is 0 Å². The number of likely N-dealkylation sites (tertiary alicyclic amines) is 1. The van der Waals surface area contributed by atoms with Gasteiger partial charge >= 0.3 is 0 Å². The van der Waals surface area contributed by atoms with Crippen LogP contribution >= 0.6 is 0 Å². The minimum atomic E-state index is -0.183. The number of nitrogens with zero attached hydrogens (tertiary/aromatic N) is 2. The van der Waals surface area contributed by atoms with E-state index in [1.165, 1.54) is 27.6 Å². The van der Waals surface area contributed by atoms with Crippen molar-refractivity contribution < 1.29 is 9.53 Å². The number of aryl methyl sites for hydroxylation is 1. The molecular formula is C27H30N2O2. The lowest BCUT2D eigenvalue weighted by atomic mass is 9.89. The van der Waals surface area contributed by atoms with E-state index in [0.29, 0.717) is 5.92 Å². The number of fused-ring (bicyclic) bond motifs is 1. The molecule has 160 valence electrons. The molecule has 0 radical (unpaired) electrons. The van der Waals surface area contributed by atoms with Gasteiger partial charge in [0.1, 0.15) is 6.10 Å². The summed E-state index contributed by atoms with van der Waals surface area (Å²) in [5.41, 5.74) is 6.18. The number of piperidine rings is 1. The number of hydrogen-bond donors (Lipinski definition) is 0. The molecule has 0 spiro atoms. The predicted octanol–water partition coefficient (Wildman–Crippen LogP) is 5.17. The van der Waals surface area contributed by atoms with E-state index in [0.717, 1.165) is 57.3 Å². The van der Waals surface area contributed by atoms with Crippen LogP contribution in [0.25, 0.3) is 22.0 Å². The van der Waals surface area contributed by atoms with Gasteiger partial charge in [0.2, 0.25) is 0 Å². The van der Waals surface area contributed by atoms with E-state index >= 15 is 0 Å². The number of rotatable bonds is 4. The van der Waals surface area contributed by atoms with Gasteiger partial charge in [0.15, 0.2) is 0 Å². The molecule has 2 fully saturated rings. The maximum atomic E-state index is 12.5. The molecule has 0 saturated carbocycles. The summed E-state index contributed by atoms with van der Waals surface area (Å²) in [5.74, 6) is 0.853. The number of aromatic nitrogens is 1. The second kappa shape index (κ2) is 8.80. The minimum Gasteiger partial charge on any atom is -0.368 e. The van der Waals surface area contributed by atoms with Crippen LogP contribution in [0.15, 0.2) is 54.7 Å². The molecule has 1 aromatic heterocycles. The van der Waals surface area contributed by atoms with Crippen LogP contribution in [0, 0.1) is 12.8 Å². The van der Waals surface area contributed by atoms with Crippen LogP contribution < -0.4 is 0 Å². The second-order valence-corrected chi connectivity index (χ2v) is 9.03. The molecule has 5 rings (SSSR count). The monoisotopic (exact) mass is 414 g/mol. The van der Waals surface area contributed by atoms with Crippen LogP contribution in [-0.4, -0.2) is 41.6 Å². The normalized spacial score (nSPS) is 19.8. The van der Waals surface area contributed by atoms with Crippen LogP contribution in [0.5, 0.6) is 0 Å². The average Bonchev–Trinajstić information content (AvgIpc) is 3.34. The summed E-state index contributed by atoms with van der Waals surface area (Å²) in [6.07, 6.45) is 6.81. The highest BCUT2D eigenvalue weighted by molar-refractivity contribution is 5.86. The highest BCUT2D eigenvalue weighted by Gasteiger charge is 2.30. The molecule has 2 aliphatic heterocycles. The lowest BCUT2D eigenvalue weighted by Gasteiger charge is -2.33. The average molecular weight is 415 g/mol. The topological polar surface area (TPSA) is 42.4 Å². The Bertz CT molecular complexity index is 1060. The van der Waals surface area contributed by atoms with Crippen molar-refractivity contribution in [3.8, 4) is 11.1 Å². The lowest BCUT2D eigenvalue weighted by molar-refractivity contribution is -0.142. The minimum absolute atomic E-state index is 0.183. The molecule has 4 heteroatoms. The van der Waals surface area contributed by atoms with Gasteiger partial charge in [-0.1, -0.05) is 30.3 Å². The molecule has 0 aliphatic carbocycles. The van der Waals surface area contributed by atoms with Crippen molar-refractivity contribution in [2.75, 3.05) is 19.7 Å². The summed E-state index contributed by atoms with van der Waals surface area (Å²) in [6, 6.07) is 17.5. The van der Waals surface area contributed by atoms with Crippen LogP contribution in [0.2, 0.25) is 0 Å². The van der Waals surface area contributed by atoms with Crippen LogP contribution in [-0.2, 0) is 16.0 Å². The number of benzene rings is 2. The van der Waals surface area contributed by atoms with Gasteiger partial charge in [-0.05, 0) is 85.4 Å². The molecule has 0 bridgehead atoms. The van der Waals surface area contributed by atoms with E-state index in [2.05, 4.69) is 54.4 Å². The first-order valence-corrected chi connectivity index (χ1v) is 11.5. The SMILES string of the molecule is Cc1cc2cccnc2cc1-c1ccc(CC2CCN(C(=O)[C@H]3CCCO3)CC2)cc1. The third kappa shape index (κ3) is 4.35.